The van der Waals surface area contributed by atoms with Gasteiger partial charge >= 0.3 is 0 Å². The first kappa shape index (κ1) is 15.4. The average molecular weight is 245 g/mol. The lowest BCUT2D eigenvalue weighted by atomic mass is 10.4. The van der Waals surface area contributed by atoms with Crippen LogP contribution in [0.3, 0.4) is 0 Å². The smallest absolute Gasteiger partial charge is 0.0724 e. The Morgan fingerprint density at radius 3 is 2.62 bits per heavy atom. The lowest BCUT2D eigenvalue weighted by Crippen LogP contribution is -2.16. The maximum atomic E-state index is 5.47. The van der Waals surface area contributed by atoms with Gasteiger partial charge in [0.1, 0.15) is 0 Å². The summed E-state index contributed by atoms with van der Waals surface area (Å²) in [4.78, 5) is 8.01. The van der Waals surface area contributed by atoms with Crippen molar-refractivity contribution in [1.82, 2.24) is 15.3 Å². The molecule has 0 bridgehead atoms. The molecule has 1 aromatic rings. The number of hydrogen-bond donors (Lipinski definition) is 1. The lowest BCUT2D eigenvalue weighted by molar-refractivity contribution is 0.710. The normalized spacial score (nSPS) is 8.38. The summed E-state index contributed by atoms with van der Waals surface area (Å²) in [5.74, 6) is 0.625. The van der Waals surface area contributed by atoms with E-state index in [2.05, 4.69) is 15.3 Å². The number of rotatable bonds is 4. The monoisotopic (exact) mass is 243 g/mol. The van der Waals surface area contributed by atoms with Crippen molar-refractivity contribution in [1.29, 1.82) is 0 Å². The van der Waals surface area contributed by atoms with Crippen LogP contribution in [-0.2, 0) is 6.54 Å². The Balaban J connectivity index is 0. The quantitative estimate of drug-likeness (QED) is 0.646. The fourth-order valence-corrected chi connectivity index (χ4v) is 0.838. The van der Waals surface area contributed by atoms with Crippen LogP contribution in [0, 0.1) is 0 Å². The molecule has 1 rings (SSSR count). The molecule has 13 heavy (non-hydrogen) atoms. The minimum atomic E-state index is 0. The van der Waals surface area contributed by atoms with Crippen molar-refractivity contribution in [3.05, 3.63) is 24.3 Å². The molecule has 0 aliphatic rings. The van der Waals surface area contributed by atoms with Gasteiger partial charge in [-0.25, -0.2) is 0 Å². The molecule has 1 aromatic heterocycles. The highest BCUT2D eigenvalue weighted by atomic mass is 35.5. The number of alkyl halides is 1. The molecular formula is C7H12Cl3N3. The van der Waals surface area contributed by atoms with Crippen LogP contribution >= 0.6 is 36.4 Å². The molecule has 1 N–H and O–H groups in total. The van der Waals surface area contributed by atoms with E-state index < -0.39 is 0 Å². The molecule has 0 amide bonds. The molecule has 0 radical (unpaired) electrons. The van der Waals surface area contributed by atoms with Crippen molar-refractivity contribution in [3.63, 3.8) is 0 Å². The molecule has 0 saturated heterocycles. The van der Waals surface area contributed by atoms with E-state index in [-0.39, 0.29) is 24.8 Å². The first-order valence-corrected chi connectivity index (χ1v) is 3.98. The van der Waals surface area contributed by atoms with Gasteiger partial charge in [-0.2, -0.15) is 0 Å². The molecule has 0 atom stereocenters. The Hall–Kier alpha value is -0.0900. The van der Waals surface area contributed by atoms with Crippen LogP contribution < -0.4 is 5.32 Å². The molecule has 0 spiro atoms. The summed E-state index contributed by atoms with van der Waals surface area (Å²) in [6.07, 6.45) is 5.07. The van der Waals surface area contributed by atoms with Gasteiger partial charge in [-0.1, -0.05) is 0 Å². The third-order valence-electron chi connectivity index (χ3n) is 1.19. The maximum Gasteiger partial charge on any atom is 0.0724 e. The van der Waals surface area contributed by atoms with Gasteiger partial charge in [-0.3, -0.25) is 9.97 Å². The number of nitrogens with one attached hydrogen (secondary N) is 1. The molecule has 0 aliphatic carbocycles. The topological polar surface area (TPSA) is 37.8 Å². The van der Waals surface area contributed by atoms with Crippen molar-refractivity contribution in [3.8, 4) is 0 Å². The summed E-state index contributed by atoms with van der Waals surface area (Å²) < 4.78 is 0. The Bertz CT molecular complexity index is 195. The molecule has 0 fully saturated rings. The van der Waals surface area contributed by atoms with Crippen molar-refractivity contribution in [2.45, 2.75) is 6.54 Å². The highest BCUT2D eigenvalue weighted by Gasteiger charge is 1.90. The van der Waals surface area contributed by atoms with Crippen LogP contribution in [0.15, 0.2) is 18.6 Å². The van der Waals surface area contributed by atoms with Gasteiger partial charge in [0.2, 0.25) is 0 Å². The number of halogens is 3. The lowest BCUT2D eigenvalue weighted by Gasteiger charge is -1.99. The molecule has 76 valence electrons. The van der Waals surface area contributed by atoms with Crippen LogP contribution in [0.4, 0.5) is 0 Å². The molecule has 3 nitrogen and oxygen atoms in total. The maximum absolute atomic E-state index is 5.47. The molecule has 0 saturated carbocycles. The standard InChI is InChI=1S/C7H10ClN3.2ClH/c8-1-2-9-5-7-6-10-3-4-11-7;;/h3-4,6,9H,1-2,5H2;2*1H. The van der Waals surface area contributed by atoms with E-state index in [0.29, 0.717) is 5.88 Å². The van der Waals surface area contributed by atoms with Crippen LogP contribution in [0.1, 0.15) is 5.69 Å². The second-order valence-electron chi connectivity index (χ2n) is 2.06. The second-order valence-corrected chi connectivity index (χ2v) is 2.44. The summed E-state index contributed by atoms with van der Waals surface area (Å²) in [5.41, 5.74) is 0.942. The third kappa shape index (κ3) is 7.02. The van der Waals surface area contributed by atoms with Gasteiger partial charge in [-0.15, -0.1) is 36.4 Å². The van der Waals surface area contributed by atoms with Crippen LogP contribution in [0.5, 0.6) is 0 Å². The van der Waals surface area contributed by atoms with E-state index in [1.54, 1.807) is 18.6 Å². The molecule has 6 heteroatoms. The highest BCUT2D eigenvalue weighted by Crippen LogP contribution is 1.87. The van der Waals surface area contributed by atoms with Crippen LogP contribution in [-0.4, -0.2) is 22.4 Å². The van der Waals surface area contributed by atoms with E-state index in [1.165, 1.54) is 0 Å². The molecule has 0 unspecified atom stereocenters. The van der Waals surface area contributed by atoms with E-state index in [4.69, 9.17) is 11.6 Å². The largest absolute Gasteiger partial charge is 0.310 e. The summed E-state index contributed by atoms with van der Waals surface area (Å²) in [5, 5.41) is 3.12. The Labute approximate surface area is 95.1 Å². The minimum absolute atomic E-state index is 0. The number of nitrogens with zero attached hydrogens (tertiary/aromatic N) is 2. The van der Waals surface area contributed by atoms with Crippen molar-refractivity contribution in [2.75, 3.05) is 12.4 Å². The van der Waals surface area contributed by atoms with E-state index >= 15 is 0 Å². The van der Waals surface area contributed by atoms with Gasteiger partial charge in [0.15, 0.2) is 0 Å². The van der Waals surface area contributed by atoms with Crippen LogP contribution in [0.2, 0.25) is 0 Å². The first-order valence-electron chi connectivity index (χ1n) is 3.45. The third-order valence-corrected chi connectivity index (χ3v) is 1.38. The van der Waals surface area contributed by atoms with Gasteiger partial charge in [0.05, 0.1) is 5.69 Å². The Morgan fingerprint density at radius 2 is 2.08 bits per heavy atom. The summed E-state index contributed by atoms with van der Waals surface area (Å²) >= 11 is 5.47. The van der Waals surface area contributed by atoms with Crippen LogP contribution in [0.25, 0.3) is 0 Å². The average Bonchev–Trinajstić information content (AvgIpc) is 2.07. The van der Waals surface area contributed by atoms with Crippen molar-refractivity contribution < 1.29 is 0 Å². The summed E-state index contributed by atoms with van der Waals surface area (Å²) in [6, 6.07) is 0. The molecular weight excluding hydrogens is 232 g/mol. The Kier molecular flexibility index (Phi) is 11.8. The van der Waals surface area contributed by atoms with Gasteiger partial charge in [0, 0.05) is 37.6 Å². The van der Waals surface area contributed by atoms with Gasteiger partial charge in [-0.05, 0) is 0 Å². The van der Waals surface area contributed by atoms with Gasteiger partial charge in [0.25, 0.3) is 0 Å². The number of aromatic nitrogens is 2. The van der Waals surface area contributed by atoms with E-state index in [1.807, 2.05) is 0 Å². The second kappa shape index (κ2) is 9.99. The zero-order valence-electron chi connectivity index (χ0n) is 6.94. The van der Waals surface area contributed by atoms with E-state index in [9.17, 15) is 0 Å². The number of hydrogen-bond acceptors (Lipinski definition) is 3. The van der Waals surface area contributed by atoms with Crippen molar-refractivity contribution in [2.24, 2.45) is 0 Å². The van der Waals surface area contributed by atoms with Crippen molar-refractivity contribution >= 4 is 36.4 Å². The van der Waals surface area contributed by atoms with E-state index in [0.717, 1.165) is 18.8 Å². The summed E-state index contributed by atoms with van der Waals surface area (Å²) in [6.45, 7) is 1.54. The molecule has 1 heterocycles. The predicted octanol–water partition coefficient (Wildman–Crippen LogP) is 1.65. The highest BCUT2D eigenvalue weighted by molar-refractivity contribution is 6.18. The molecule has 0 aromatic carbocycles. The predicted molar refractivity (Wildman–Crippen MR) is 59.0 cm³/mol. The summed E-state index contributed by atoms with van der Waals surface area (Å²) in [7, 11) is 0. The Morgan fingerprint density at radius 1 is 1.31 bits per heavy atom. The SMILES string of the molecule is Cl.Cl.ClCCNCc1cnccn1. The fourth-order valence-electron chi connectivity index (χ4n) is 0.705. The zero-order chi connectivity index (χ0) is 7.94. The fraction of sp³-hybridized carbons (Fsp3) is 0.429. The molecule has 0 aliphatic heterocycles. The van der Waals surface area contributed by atoms with Gasteiger partial charge < -0.3 is 5.32 Å². The minimum Gasteiger partial charge on any atom is -0.310 e. The first-order chi connectivity index (χ1) is 5.43. The zero-order valence-corrected chi connectivity index (χ0v) is 9.33.